The summed E-state index contributed by atoms with van der Waals surface area (Å²) in [5.41, 5.74) is 4.68. The second-order valence-electron chi connectivity index (χ2n) is 5.80. The summed E-state index contributed by atoms with van der Waals surface area (Å²) in [6.45, 7) is 7.14. The van der Waals surface area contributed by atoms with E-state index < -0.39 is 0 Å². The Hall–Kier alpha value is -1.96. The SMILES string of the molecule is Cc1cccc(-c2ccc3c(c2)NCC(C)(C)O3)c1. The van der Waals surface area contributed by atoms with Crippen molar-refractivity contribution in [1.82, 2.24) is 0 Å². The van der Waals surface area contributed by atoms with Crippen LogP contribution in [0.5, 0.6) is 5.75 Å². The van der Waals surface area contributed by atoms with Crippen LogP contribution in [0.1, 0.15) is 19.4 Å². The van der Waals surface area contributed by atoms with E-state index in [-0.39, 0.29) is 5.60 Å². The second kappa shape index (κ2) is 4.30. The Kier molecular flexibility index (Phi) is 2.74. The second-order valence-corrected chi connectivity index (χ2v) is 5.80. The molecule has 0 fully saturated rings. The van der Waals surface area contributed by atoms with Crippen molar-refractivity contribution >= 4 is 5.69 Å². The highest BCUT2D eigenvalue weighted by Gasteiger charge is 2.26. The highest BCUT2D eigenvalue weighted by Crippen LogP contribution is 2.36. The number of nitrogens with one attached hydrogen (secondary N) is 1. The van der Waals surface area contributed by atoms with E-state index in [0.717, 1.165) is 18.0 Å². The molecule has 2 aromatic rings. The van der Waals surface area contributed by atoms with Crippen LogP contribution in [-0.2, 0) is 0 Å². The lowest BCUT2D eigenvalue weighted by Gasteiger charge is -2.33. The molecule has 0 aromatic heterocycles. The number of anilines is 1. The van der Waals surface area contributed by atoms with Gasteiger partial charge in [-0.05, 0) is 44.0 Å². The summed E-state index contributed by atoms with van der Waals surface area (Å²) in [6.07, 6.45) is 0. The molecule has 0 saturated carbocycles. The van der Waals surface area contributed by atoms with Crippen LogP contribution in [0.3, 0.4) is 0 Å². The van der Waals surface area contributed by atoms with Crippen molar-refractivity contribution in [2.75, 3.05) is 11.9 Å². The molecular weight excluding hydrogens is 234 g/mol. The maximum atomic E-state index is 5.97. The Morgan fingerprint density at radius 3 is 2.63 bits per heavy atom. The Morgan fingerprint density at radius 2 is 1.84 bits per heavy atom. The van der Waals surface area contributed by atoms with Crippen molar-refractivity contribution in [3.05, 3.63) is 48.0 Å². The fraction of sp³-hybridized carbons (Fsp3) is 0.294. The van der Waals surface area contributed by atoms with Crippen LogP contribution in [0.15, 0.2) is 42.5 Å². The van der Waals surface area contributed by atoms with Crippen LogP contribution in [0.2, 0.25) is 0 Å². The molecule has 0 bridgehead atoms. The summed E-state index contributed by atoms with van der Waals surface area (Å²) in [5, 5.41) is 3.45. The molecule has 0 unspecified atom stereocenters. The average molecular weight is 253 g/mol. The first-order valence-corrected chi connectivity index (χ1v) is 6.67. The van der Waals surface area contributed by atoms with Crippen LogP contribution in [0.25, 0.3) is 11.1 Å². The fourth-order valence-electron chi connectivity index (χ4n) is 2.40. The van der Waals surface area contributed by atoms with E-state index in [0.29, 0.717) is 0 Å². The quantitative estimate of drug-likeness (QED) is 0.820. The van der Waals surface area contributed by atoms with E-state index in [1.54, 1.807) is 0 Å². The normalized spacial score (nSPS) is 16.2. The zero-order valence-electron chi connectivity index (χ0n) is 11.7. The Bertz CT molecular complexity index is 616. The van der Waals surface area contributed by atoms with Crippen LogP contribution in [-0.4, -0.2) is 12.1 Å². The van der Waals surface area contributed by atoms with Crippen LogP contribution in [0, 0.1) is 6.92 Å². The fourth-order valence-corrected chi connectivity index (χ4v) is 2.40. The van der Waals surface area contributed by atoms with Gasteiger partial charge >= 0.3 is 0 Å². The van der Waals surface area contributed by atoms with Crippen molar-refractivity contribution in [2.24, 2.45) is 0 Å². The molecule has 0 aliphatic carbocycles. The average Bonchev–Trinajstić information content (AvgIpc) is 2.37. The zero-order chi connectivity index (χ0) is 13.5. The topological polar surface area (TPSA) is 21.3 Å². The van der Waals surface area contributed by atoms with E-state index in [1.807, 2.05) is 0 Å². The predicted molar refractivity (Wildman–Crippen MR) is 79.8 cm³/mol. The van der Waals surface area contributed by atoms with Gasteiger partial charge in [-0.15, -0.1) is 0 Å². The molecule has 1 N–H and O–H groups in total. The van der Waals surface area contributed by atoms with Gasteiger partial charge in [0.25, 0.3) is 0 Å². The smallest absolute Gasteiger partial charge is 0.143 e. The molecular formula is C17H19NO. The predicted octanol–water partition coefficient (Wildman–Crippen LogP) is 4.24. The first-order chi connectivity index (χ1) is 9.03. The summed E-state index contributed by atoms with van der Waals surface area (Å²) < 4.78 is 5.97. The summed E-state index contributed by atoms with van der Waals surface area (Å²) >= 11 is 0. The number of fused-ring (bicyclic) bond motifs is 1. The number of hydrogen-bond donors (Lipinski definition) is 1. The lowest BCUT2D eigenvalue weighted by Crippen LogP contribution is -2.39. The van der Waals surface area contributed by atoms with Gasteiger partial charge in [0, 0.05) is 0 Å². The van der Waals surface area contributed by atoms with E-state index in [9.17, 15) is 0 Å². The van der Waals surface area contributed by atoms with E-state index in [4.69, 9.17) is 4.74 Å². The maximum Gasteiger partial charge on any atom is 0.143 e. The number of ether oxygens (including phenoxy) is 1. The molecule has 19 heavy (non-hydrogen) atoms. The molecule has 0 atom stereocenters. The molecule has 0 amide bonds. The number of benzene rings is 2. The number of rotatable bonds is 1. The zero-order valence-corrected chi connectivity index (χ0v) is 11.7. The van der Waals surface area contributed by atoms with Gasteiger partial charge in [-0.1, -0.05) is 35.9 Å². The lowest BCUT2D eigenvalue weighted by atomic mass is 10.0. The molecule has 3 rings (SSSR count). The summed E-state index contributed by atoms with van der Waals surface area (Å²) in [7, 11) is 0. The van der Waals surface area contributed by atoms with E-state index in [2.05, 4.69) is 68.6 Å². The molecule has 0 spiro atoms. The van der Waals surface area contributed by atoms with Gasteiger partial charge in [-0.25, -0.2) is 0 Å². The molecule has 0 radical (unpaired) electrons. The molecule has 2 heteroatoms. The molecule has 0 saturated heterocycles. The van der Waals surface area contributed by atoms with Crippen LogP contribution in [0.4, 0.5) is 5.69 Å². The van der Waals surface area contributed by atoms with Crippen LogP contribution < -0.4 is 10.1 Å². The molecule has 1 heterocycles. The van der Waals surface area contributed by atoms with Gasteiger partial charge in [-0.2, -0.15) is 0 Å². The summed E-state index contributed by atoms with van der Waals surface area (Å²) in [4.78, 5) is 0. The molecule has 2 aromatic carbocycles. The van der Waals surface area contributed by atoms with Crippen molar-refractivity contribution in [2.45, 2.75) is 26.4 Å². The highest BCUT2D eigenvalue weighted by molar-refractivity contribution is 5.73. The van der Waals surface area contributed by atoms with Crippen molar-refractivity contribution < 1.29 is 4.74 Å². The van der Waals surface area contributed by atoms with Crippen molar-refractivity contribution in [3.63, 3.8) is 0 Å². The highest BCUT2D eigenvalue weighted by atomic mass is 16.5. The third-order valence-electron chi connectivity index (χ3n) is 3.42. The van der Waals surface area contributed by atoms with Gasteiger partial charge in [0.1, 0.15) is 11.4 Å². The van der Waals surface area contributed by atoms with Gasteiger partial charge in [-0.3, -0.25) is 0 Å². The van der Waals surface area contributed by atoms with Gasteiger partial charge < -0.3 is 10.1 Å². The minimum Gasteiger partial charge on any atom is -0.484 e. The largest absolute Gasteiger partial charge is 0.484 e. The Morgan fingerprint density at radius 1 is 1.05 bits per heavy atom. The van der Waals surface area contributed by atoms with Gasteiger partial charge in [0.15, 0.2) is 0 Å². The molecule has 98 valence electrons. The number of aryl methyl sites for hydroxylation is 1. The van der Waals surface area contributed by atoms with Crippen molar-refractivity contribution in [1.29, 1.82) is 0 Å². The maximum absolute atomic E-state index is 5.97. The van der Waals surface area contributed by atoms with Gasteiger partial charge in [0.05, 0.1) is 12.2 Å². The molecule has 1 aliphatic rings. The molecule has 2 nitrogen and oxygen atoms in total. The van der Waals surface area contributed by atoms with E-state index >= 15 is 0 Å². The lowest BCUT2D eigenvalue weighted by molar-refractivity contribution is 0.116. The third kappa shape index (κ3) is 2.43. The third-order valence-corrected chi connectivity index (χ3v) is 3.42. The first kappa shape index (κ1) is 12.1. The molecule has 1 aliphatic heterocycles. The Labute approximate surface area is 114 Å². The van der Waals surface area contributed by atoms with Crippen molar-refractivity contribution in [3.8, 4) is 16.9 Å². The first-order valence-electron chi connectivity index (χ1n) is 6.67. The standard InChI is InChI=1S/C17H19NO/c1-12-5-4-6-13(9-12)14-7-8-16-15(10-14)18-11-17(2,3)19-16/h4-10,18H,11H2,1-3H3. The van der Waals surface area contributed by atoms with E-state index in [1.165, 1.54) is 16.7 Å². The minimum atomic E-state index is -0.141. The minimum absolute atomic E-state index is 0.141. The number of hydrogen-bond acceptors (Lipinski definition) is 2. The van der Waals surface area contributed by atoms with Crippen LogP contribution >= 0.6 is 0 Å². The monoisotopic (exact) mass is 253 g/mol. The summed E-state index contributed by atoms with van der Waals surface area (Å²) in [5.74, 6) is 0.938. The Balaban J connectivity index is 1.99. The van der Waals surface area contributed by atoms with Gasteiger partial charge in [0.2, 0.25) is 0 Å². The summed E-state index contributed by atoms with van der Waals surface area (Å²) in [6, 6.07) is 14.9.